The van der Waals surface area contributed by atoms with Gasteiger partial charge in [-0.05, 0) is 84.7 Å². The van der Waals surface area contributed by atoms with Gasteiger partial charge in [-0.2, -0.15) is 0 Å². The van der Waals surface area contributed by atoms with Crippen LogP contribution < -0.4 is 9.47 Å². The van der Waals surface area contributed by atoms with Crippen LogP contribution in [-0.2, 0) is 11.2 Å². The van der Waals surface area contributed by atoms with Crippen LogP contribution in [-0.4, -0.2) is 39.4 Å². The minimum atomic E-state index is -0.594. The van der Waals surface area contributed by atoms with E-state index in [1.165, 1.54) is 13.2 Å². The molecular formula is C35H34O8. The Labute approximate surface area is 249 Å². The lowest BCUT2D eigenvalue weighted by Gasteiger charge is -2.38. The molecule has 2 aliphatic heterocycles. The third-order valence-electron chi connectivity index (χ3n) is 8.42. The van der Waals surface area contributed by atoms with E-state index in [1.54, 1.807) is 48.5 Å². The minimum absolute atomic E-state index is 0.0107. The number of hydrogen-bond donors (Lipinski definition) is 4. The normalized spacial score (nSPS) is 21.6. The van der Waals surface area contributed by atoms with Gasteiger partial charge in [0.2, 0.25) is 0 Å². The topological polar surface area (TPSA) is 126 Å². The fourth-order valence-corrected chi connectivity index (χ4v) is 6.24. The van der Waals surface area contributed by atoms with Gasteiger partial charge in [0.1, 0.15) is 46.2 Å². The summed E-state index contributed by atoms with van der Waals surface area (Å²) >= 11 is 0. The number of ether oxygens (including phenoxy) is 3. The maximum atomic E-state index is 13.6. The Morgan fingerprint density at radius 3 is 1.98 bits per heavy atom. The molecule has 4 atom stereocenters. The number of rotatable bonds is 7. The minimum Gasteiger partial charge on any atom is -0.508 e. The summed E-state index contributed by atoms with van der Waals surface area (Å²) < 4.78 is 18.6. The molecule has 0 radical (unpaired) electrons. The molecule has 4 aromatic carbocycles. The van der Waals surface area contributed by atoms with E-state index in [0.29, 0.717) is 36.1 Å². The molecule has 4 aromatic rings. The molecule has 4 N–H and O–H groups in total. The van der Waals surface area contributed by atoms with Crippen LogP contribution in [0.2, 0.25) is 0 Å². The maximum absolute atomic E-state index is 13.6. The van der Waals surface area contributed by atoms with Crippen molar-refractivity contribution < 1.29 is 39.4 Å². The third-order valence-corrected chi connectivity index (χ3v) is 8.42. The first-order valence-electron chi connectivity index (χ1n) is 14.4. The molecule has 0 aromatic heterocycles. The molecule has 2 aliphatic rings. The Kier molecular flexibility index (Phi) is 7.86. The zero-order valence-electron chi connectivity index (χ0n) is 23.8. The Balaban J connectivity index is 1.37. The quantitative estimate of drug-likeness (QED) is 0.186. The second kappa shape index (κ2) is 11.9. The molecule has 0 amide bonds. The van der Waals surface area contributed by atoms with Gasteiger partial charge < -0.3 is 34.6 Å². The van der Waals surface area contributed by atoms with Crippen molar-refractivity contribution in [2.45, 2.75) is 56.3 Å². The van der Waals surface area contributed by atoms with Gasteiger partial charge in [0.25, 0.3) is 0 Å². The van der Waals surface area contributed by atoms with Crippen molar-refractivity contribution >= 4 is 5.78 Å². The average Bonchev–Trinajstić information content (AvgIpc) is 3.00. The van der Waals surface area contributed by atoms with Crippen LogP contribution in [0.1, 0.15) is 76.4 Å². The summed E-state index contributed by atoms with van der Waals surface area (Å²) in [5.74, 6) is 0.692. The first kappa shape index (κ1) is 28.4. The molecule has 222 valence electrons. The zero-order chi connectivity index (χ0) is 30.1. The fraction of sp³-hybridized carbons (Fsp3) is 0.286. The number of fused-ring (bicyclic) bond motifs is 1. The summed E-state index contributed by atoms with van der Waals surface area (Å²) in [5, 5.41) is 40.8. The highest BCUT2D eigenvalue weighted by atomic mass is 16.5. The third kappa shape index (κ3) is 5.96. The van der Waals surface area contributed by atoms with Gasteiger partial charge in [-0.3, -0.25) is 4.79 Å². The van der Waals surface area contributed by atoms with E-state index >= 15 is 0 Å². The number of Topliss-reactive ketones (excluding diaryl/α,β-unsaturated/α-hetero) is 1. The van der Waals surface area contributed by atoms with Crippen molar-refractivity contribution in [2.75, 3.05) is 7.11 Å². The maximum Gasteiger partial charge on any atom is 0.174 e. The fourth-order valence-electron chi connectivity index (χ4n) is 6.24. The Bertz CT molecular complexity index is 1600. The largest absolute Gasteiger partial charge is 0.508 e. The monoisotopic (exact) mass is 582 g/mol. The van der Waals surface area contributed by atoms with Crippen molar-refractivity contribution in [2.24, 2.45) is 0 Å². The smallest absolute Gasteiger partial charge is 0.174 e. The second-order valence-corrected chi connectivity index (χ2v) is 11.3. The van der Waals surface area contributed by atoms with Gasteiger partial charge in [0.15, 0.2) is 5.78 Å². The highest BCUT2D eigenvalue weighted by Gasteiger charge is 2.40. The molecule has 0 saturated carbocycles. The van der Waals surface area contributed by atoms with Crippen LogP contribution in [0.3, 0.4) is 0 Å². The molecule has 8 heteroatoms. The summed E-state index contributed by atoms with van der Waals surface area (Å²) in [6, 6.07) is 22.1. The summed E-state index contributed by atoms with van der Waals surface area (Å²) in [6.07, 6.45) is 1.52. The van der Waals surface area contributed by atoms with Crippen molar-refractivity contribution in [3.05, 3.63) is 107 Å². The highest BCUT2D eigenvalue weighted by Crippen LogP contribution is 2.53. The molecule has 43 heavy (non-hydrogen) atoms. The van der Waals surface area contributed by atoms with Crippen molar-refractivity contribution in [3.63, 3.8) is 0 Å². The van der Waals surface area contributed by atoms with Gasteiger partial charge in [-0.1, -0.05) is 36.4 Å². The Hall–Kier alpha value is -4.69. The summed E-state index contributed by atoms with van der Waals surface area (Å²) in [7, 11) is 1.46. The van der Waals surface area contributed by atoms with Crippen LogP contribution in [0.15, 0.2) is 78.9 Å². The lowest BCUT2D eigenvalue weighted by molar-refractivity contribution is -0.0634. The molecule has 0 unspecified atom stereocenters. The van der Waals surface area contributed by atoms with Crippen LogP contribution in [0.4, 0.5) is 0 Å². The second-order valence-electron chi connectivity index (χ2n) is 11.3. The molecule has 6 rings (SSSR count). The molecule has 2 heterocycles. The number of phenolic OH excluding ortho intramolecular Hbond substituents is 4. The lowest BCUT2D eigenvalue weighted by atomic mass is 9.80. The van der Waals surface area contributed by atoms with Gasteiger partial charge >= 0.3 is 0 Å². The molecule has 1 saturated heterocycles. The van der Waals surface area contributed by atoms with Crippen LogP contribution in [0.25, 0.3) is 0 Å². The summed E-state index contributed by atoms with van der Waals surface area (Å²) in [4.78, 5) is 13.6. The van der Waals surface area contributed by atoms with E-state index in [2.05, 4.69) is 0 Å². The number of phenols is 4. The van der Waals surface area contributed by atoms with Crippen LogP contribution in [0.5, 0.6) is 34.5 Å². The van der Waals surface area contributed by atoms with Gasteiger partial charge in [0.05, 0.1) is 25.7 Å². The zero-order valence-corrected chi connectivity index (χ0v) is 23.8. The number of methoxy groups -OCH3 is 1. The molecule has 0 spiro atoms. The number of carbonyl (C=O) groups excluding carboxylic acids is 1. The predicted octanol–water partition coefficient (Wildman–Crippen LogP) is 6.86. The SMILES string of the molecule is COc1cc(O)c([C@@H]2C[C@H](CCc3ccc(O)cc3)O[C@H](c3ccc(O)cc3)C2)c2c1C(=O)C[C@@H](c1ccc(O)cc1)O2. The number of benzene rings is 4. The van der Waals surface area contributed by atoms with E-state index in [9.17, 15) is 25.2 Å². The number of hydrogen-bond acceptors (Lipinski definition) is 8. The molecule has 0 aliphatic carbocycles. The van der Waals surface area contributed by atoms with E-state index in [1.807, 2.05) is 24.3 Å². The van der Waals surface area contributed by atoms with Gasteiger partial charge in [-0.15, -0.1) is 0 Å². The summed E-state index contributed by atoms with van der Waals surface area (Å²) in [6.45, 7) is 0. The van der Waals surface area contributed by atoms with E-state index < -0.39 is 6.10 Å². The van der Waals surface area contributed by atoms with Crippen molar-refractivity contribution in [1.82, 2.24) is 0 Å². The molecule has 8 nitrogen and oxygen atoms in total. The van der Waals surface area contributed by atoms with Crippen molar-refractivity contribution in [3.8, 4) is 34.5 Å². The highest BCUT2D eigenvalue weighted by molar-refractivity contribution is 6.03. The van der Waals surface area contributed by atoms with E-state index in [-0.39, 0.29) is 59.1 Å². The Morgan fingerprint density at radius 2 is 1.37 bits per heavy atom. The average molecular weight is 583 g/mol. The lowest BCUT2D eigenvalue weighted by Crippen LogP contribution is -2.29. The van der Waals surface area contributed by atoms with E-state index in [0.717, 1.165) is 23.1 Å². The number of carbonyl (C=O) groups is 1. The summed E-state index contributed by atoms with van der Waals surface area (Å²) in [5.41, 5.74) is 3.58. The van der Waals surface area contributed by atoms with Crippen molar-refractivity contribution in [1.29, 1.82) is 0 Å². The van der Waals surface area contributed by atoms with Crippen LogP contribution >= 0.6 is 0 Å². The molecular weight excluding hydrogens is 548 g/mol. The Morgan fingerprint density at radius 1 is 0.791 bits per heavy atom. The predicted molar refractivity (Wildman–Crippen MR) is 159 cm³/mol. The standard InChI is InChI=1S/C35H34O8/c1-41-32-19-28(39)33(35-34(32)29(40)18-31(43-35)22-7-13-26(38)14-8-22)23-16-27(15-4-20-2-9-24(36)10-3-20)42-30(17-23)21-5-11-25(37)12-6-21/h2-3,5-14,19,23,27,30-31,36-39H,4,15-18H2,1H3/t23-,27+,30+,31+/m1/s1. The number of ketones is 1. The van der Waals surface area contributed by atoms with Crippen LogP contribution in [0, 0.1) is 0 Å². The van der Waals surface area contributed by atoms with Gasteiger partial charge in [-0.25, -0.2) is 0 Å². The van der Waals surface area contributed by atoms with E-state index in [4.69, 9.17) is 14.2 Å². The first-order valence-corrected chi connectivity index (χ1v) is 14.4. The molecule has 0 bridgehead atoms. The first-order chi connectivity index (χ1) is 20.8. The molecule has 1 fully saturated rings. The number of aryl methyl sites for hydroxylation is 1. The number of aromatic hydroxyl groups is 4. The van der Waals surface area contributed by atoms with Gasteiger partial charge in [0, 0.05) is 11.6 Å².